The van der Waals surface area contributed by atoms with E-state index >= 15 is 0 Å². The van der Waals surface area contributed by atoms with Crippen LogP contribution in [0.25, 0.3) is 0 Å². The average Bonchev–Trinajstić information content (AvgIpc) is 2.74. The Balaban J connectivity index is 1.96. The third kappa shape index (κ3) is 3.01. The van der Waals surface area contributed by atoms with Gasteiger partial charge in [-0.3, -0.25) is 4.79 Å². The molecule has 1 amide bonds. The Hall–Kier alpha value is -0.680. The minimum atomic E-state index is -0.0354. The monoisotopic (exact) mass is 287 g/mol. The van der Waals surface area contributed by atoms with Gasteiger partial charge in [0.15, 0.2) is 0 Å². The van der Waals surface area contributed by atoms with Crippen molar-refractivity contribution < 1.29 is 4.79 Å². The molecule has 0 atom stereocenters. The molecule has 1 saturated heterocycles. The lowest BCUT2D eigenvalue weighted by Crippen LogP contribution is -2.41. The van der Waals surface area contributed by atoms with Crippen LogP contribution in [0, 0.1) is 11.3 Å². The number of halogens is 1. The van der Waals surface area contributed by atoms with Gasteiger partial charge in [-0.05, 0) is 35.8 Å². The normalized spacial score (nSPS) is 18.1. The topological polar surface area (TPSA) is 46.1 Å². The van der Waals surface area contributed by atoms with Crippen LogP contribution in [0.1, 0.15) is 43.4 Å². The van der Waals surface area contributed by atoms with E-state index in [0.717, 1.165) is 37.3 Å². The van der Waals surface area contributed by atoms with Crippen molar-refractivity contribution in [1.82, 2.24) is 15.1 Å². The Bertz CT molecular complexity index is 433. The quantitative estimate of drug-likeness (QED) is 0.797. The highest BCUT2D eigenvalue weighted by Crippen LogP contribution is 2.34. The van der Waals surface area contributed by atoms with Crippen LogP contribution in [0.4, 0.5) is 0 Å². The van der Waals surface area contributed by atoms with Gasteiger partial charge >= 0.3 is 0 Å². The zero-order valence-corrected chi connectivity index (χ0v) is 12.5. The van der Waals surface area contributed by atoms with Crippen molar-refractivity contribution in [3.05, 3.63) is 9.47 Å². The van der Waals surface area contributed by atoms with E-state index < -0.39 is 0 Å². The first-order chi connectivity index (χ1) is 8.38. The first kappa shape index (κ1) is 13.7. The van der Waals surface area contributed by atoms with Gasteiger partial charge in [-0.1, -0.05) is 32.1 Å². The van der Waals surface area contributed by atoms with Crippen molar-refractivity contribution in [2.24, 2.45) is 11.3 Å². The van der Waals surface area contributed by atoms with Crippen LogP contribution in [-0.4, -0.2) is 34.1 Å². The van der Waals surface area contributed by atoms with Crippen LogP contribution >= 0.6 is 22.9 Å². The molecule has 0 radical (unpaired) electrons. The van der Waals surface area contributed by atoms with E-state index in [0.29, 0.717) is 20.8 Å². The van der Waals surface area contributed by atoms with Gasteiger partial charge in [-0.25, -0.2) is 0 Å². The maximum absolute atomic E-state index is 12.1. The fourth-order valence-electron chi connectivity index (χ4n) is 2.38. The maximum Gasteiger partial charge on any atom is 0.284 e. The Kier molecular flexibility index (Phi) is 3.92. The van der Waals surface area contributed by atoms with Crippen LogP contribution in [0.5, 0.6) is 0 Å². The van der Waals surface area contributed by atoms with E-state index in [-0.39, 0.29) is 5.91 Å². The minimum Gasteiger partial charge on any atom is -0.337 e. The summed E-state index contributed by atoms with van der Waals surface area (Å²) >= 11 is 6.85. The lowest BCUT2D eigenvalue weighted by Gasteiger charge is -2.38. The molecule has 1 fully saturated rings. The molecular weight excluding hydrogens is 270 g/mol. The molecule has 2 heterocycles. The number of hydrogen-bond acceptors (Lipinski definition) is 4. The average molecular weight is 288 g/mol. The highest BCUT2D eigenvalue weighted by Gasteiger charge is 2.31. The molecule has 4 nitrogen and oxygen atoms in total. The van der Waals surface area contributed by atoms with Crippen LogP contribution in [-0.2, 0) is 0 Å². The van der Waals surface area contributed by atoms with E-state index in [2.05, 4.69) is 31.0 Å². The highest BCUT2D eigenvalue weighted by atomic mass is 35.5. The molecule has 6 heteroatoms. The Morgan fingerprint density at radius 3 is 2.39 bits per heavy atom. The maximum atomic E-state index is 12.1. The molecular formula is C12H18ClN3OS. The summed E-state index contributed by atoms with van der Waals surface area (Å²) in [5.41, 5.74) is 0.321. The van der Waals surface area contributed by atoms with Gasteiger partial charge in [0, 0.05) is 13.1 Å². The molecule has 18 heavy (non-hydrogen) atoms. The summed E-state index contributed by atoms with van der Waals surface area (Å²) in [7, 11) is 0. The molecule has 0 aromatic carbocycles. The number of piperidine rings is 1. The zero-order chi connectivity index (χ0) is 13.3. The molecule has 1 aromatic rings. The Labute approximate surface area is 116 Å². The van der Waals surface area contributed by atoms with Crippen molar-refractivity contribution >= 4 is 28.8 Å². The molecule has 1 aliphatic rings. The van der Waals surface area contributed by atoms with Crippen molar-refractivity contribution in [3.63, 3.8) is 0 Å². The van der Waals surface area contributed by atoms with Gasteiger partial charge in [0.1, 0.15) is 0 Å². The third-order valence-corrected chi connectivity index (χ3v) is 4.60. The molecule has 0 saturated carbocycles. The molecule has 100 valence electrons. The summed E-state index contributed by atoms with van der Waals surface area (Å²) in [6.45, 7) is 8.40. The first-order valence-corrected chi connectivity index (χ1v) is 7.35. The van der Waals surface area contributed by atoms with Crippen LogP contribution in [0.2, 0.25) is 4.47 Å². The van der Waals surface area contributed by atoms with Gasteiger partial charge < -0.3 is 4.90 Å². The number of nitrogens with zero attached hydrogens (tertiary/aromatic N) is 3. The summed E-state index contributed by atoms with van der Waals surface area (Å²) in [5, 5.41) is 7.87. The second-order valence-corrected chi connectivity index (χ2v) is 7.35. The standard InChI is InChI=1S/C12H18ClN3OS/c1-12(2,3)8-4-6-16(7-5-8)10(17)9-14-15-11(13)18-9/h8H,4-7H2,1-3H3. The fraction of sp³-hybridized carbons (Fsp3) is 0.750. The van der Waals surface area contributed by atoms with Gasteiger partial charge in [0.2, 0.25) is 9.47 Å². The van der Waals surface area contributed by atoms with Crippen molar-refractivity contribution in [2.75, 3.05) is 13.1 Å². The Morgan fingerprint density at radius 2 is 1.94 bits per heavy atom. The number of hydrogen-bond donors (Lipinski definition) is 0. The SMILES string of the molecule is CC(C)(C)C1CCN(C(=O)c2nnc(Cl)s2)CC1. The third-order valence-electron chi connectivity index (χ3n) is 3.59. The lowest BCUT2D eigenvalue weighted by molar-refractivity contribution is 0.0607. The zero-order valence-electron chi connectivity index (χ0n) is 10.9. The molecule has 0 N–H and O–H groups in total. The van der Waals surface area contributed by atoms with Crippen molar-refractivity contribution in [2.45, 2.75) is 33.6 Å². The largest absolute Gasteiger partial charge is 0.337 e. The van der Waals surface area contributed by atoms with Gasteiger partial charge in [-0.2, -0.15) is 0 Å². The van der Waals surface area contributed by atoms with Crippen LogP contribution in [0.3, 0.4) is 0 Å². The summed E-state index contributed by atoms with van der Waals surface area (Å²) in [6, 6.07) is 0. The summed E-state index contributed by atoms with van der Waals surface area (Å²) in [4.78, 5) is 14.0. The van der Waals surface area contributed by atoms with Gasteiger partial charge in [-0.15, -0.1) is 10.2 Å². The molecule has 0 aliphatic carbocycles. The number of carbonyl (C=O) groups is 1. The van der Waals surface area contributed by atoms with Crippen LogP contribution < -0.4 is 0 Å². The summed E-state index contributed by atoms with van der Waals surface area (Å²) in [5.74, 6) is 0.645. The first-order valence-electron chi connectivity index (χ1n) is 6.16. The lowest BCUT2D eigenvalue weighted by atomic mass is 9.75. The summed E-state index contributed by atoms with van der Waals surface area (Å²) in [6.07, 6.45) is 2.11. The molecule has 1 aromatic heterocycles. The minimum absolute atomic E-state index is 0.0354. The van der Waals surface area contributed by atoms with Crippen LogP contribution in [0.15, 0.2) is 0 Å². The number of carbonyl (C=O) groups excluding carboxylic acids is 1. The second-order valence-electron chi connectivity index (χ2n) is 5.79. The fourth-order valence-corrected chi connectivity index (χ4v) is 3.17. The van der Waals surface area contributed by atoms with Crippen molar-refractivity contribution in [1.29, 1.82) is 0 Å². The van der Waals surface area contributed by atoms with E-state index in [1.54, 1.807) is 0 Å². The highest BCUT2D eigenvalue weighted by molar-refractivity contribution is 7.17. The molecule has 1 aliphatic heterocycles. The predicted molar refractivity (Wildman–Crippen MR) is 73.0 cm³/mol. The van der Waals surface area contributed by atoms with Crippen molar-refractivity contribution in [3.8, 4) is 0 Å². The molecule has 0 unspecified atom stereocenters. The smallest absolute Gasteiger partial charge is 0.284 e. The van der Waals surface area contributed by atoms with E-state index in [1.165, 1.54) is 0 Å². The number of rotatable bonds is 1. The number of amides is 1. The van der Waals surface area contributed by atoms with E-state index in [4.69, 9.17) is 11.6 Å². The Morgan fingerprint density at radius 1 is 1.33 bits per heavy atom. The number of likely N-dealkylation sites (tertiary alicyclic amines) is 1. The second kappa shape index (κ2) is 5.13. The van der Waals surface area contributed by atoms with E-state index in [1.807, 2.05) is 4.90 Å². The molecule has 0 spiro atoms. The molecule has 2 rings (SSSR count). The van der Waals surface area contributed by atoms with E-state index in [9.17, 15) is 4.79 Å². The molecule has 0 bridgehead atoms. The van der Waals surface area contributed by atoms with Gasteiger partial charge in [0.05, 0.1) is 0 Å². The predicted octanol–water partition coefficient (Wildman–Crippen LogP) is 3.09. The van der Waals surface area contributed by atoms with Gasteiger partial charge in [0.25, 0.3) is 5.91 Å². The number of aromatic nitrogens is 2. The summed E-state index contributed by atoms with van der Waals surface area (Å²) < 4.78 is 0.322.